The summed E-state index contributed by atoms with van der Waals surface area (Å²) in [5.41, 5.74) is 3.25. The first-order valence-corrected chi connectivity index (χ1v) is 10.7. The van der Waals surface area contributed by atoms with E-state index in [1.54, 1.807) is 0 Å². The Bertz CT molecular complexity index is 857. The number of Topliss-reactive ketones (excluding diaryl/α,β-unsaturated/α-hetero) is 1. The molecule has 0 saturated heterocycles. The van der Waals surface area contributed by atoms with E-state index in [0.717, 1.165) is 27.5 Å². The highest BCUT2D eigenvalue weighted by Crippen LogP contribution is 2.52. The van der Waals surface area contributed by atoms with E-state index >= 15 is 0 Å². The van der Waals surface area contributed by atoms with Crippen LogP contribution in [-0.2, 0) is 14.3 Å². The zero-order valence-corrected chi connectivity index (χ0v) is 16.2. The van der Waals surface area contributed by atoms with Crippen molar-refractivity contribution in [2.45, 2.75) is 24.6 Å². The number of rotatable bonds is 4. The molecule has 0 spiro atoms. The fraction of sp³-hybridized carbons (Fsp3) is 0.300. The van der Waals surface area contributed by atoms with Crippen molar-refractivity contribution in [3.63, 3.8) is 0 Å². The van der Waals surface area contributed by atoms with Crippen LogP contribution in [0.3, 0.4) is 0 Å². The predicted molar refractivity (Wildman–Crippen MR) is 106 cm³/mol. The Balaban J connectivity index is 1.87. The number of hydrogen-bond acceptors (Lipinski definition) is 6. The molecule has 0 saturated carbocycles. The molecule has 0 radical (unpaired) electrons. The van der Waals surface area contributed by atoms with Crippen LogP contribution in [0.25, 0.3) is 5.57 Å². The molecule has 6 heteroatoms. The quantitative estimate of drug-likeness (QED) is 0.735. The molecule has 0 N–H and O–H groups in total. The second kappa shape index (κ2) is 7.00. The van der Waals surface area contributed by atoms with Crippen molar-refractivity contribution in [3.05, 3.63) is 63.7 Å². The molecular formula is C20H19NO3S2. The summed E-state index contributed by atoms with van der Waals surface area (Å²) < 4.78 is 6.20. The molecule has 134 valence electrons. The van der Waals surface area contributed by atoms with E-state index in [1.807, 2.05) is 49.6 Å². The number of carbonyl (C=O) groups excluding carboxylic acids is 2. The molecule has 0 bridgehead atoms. The molecule has 3 heterocycles. The summed E-state index contributed by atoms with van der Waals surface area (Å²) in [5, 5.41) is -0.330. The smallest absolute Gasteiger partial charge is 0.321 e. The third kappa shape index (κ3) is 2.63. The zero-order valence-electron chi connectivity index (χ0n) is 14.6. The van der Waals surface area contributed by atoms with Crippen LogP contribution in [0.5, 0.6) is 0 Å². The molecule has 0 aromatic heterocycles. The Hall–Kier alpha value is -1.92. The summed E-state index contributed by atoms with van der Waals surface area (Å²) in [6, 6.07) is 9.67. The maximum atomic E-state index is 13.3. The van der Waals surface area contributed by atoms with E-state index in [4.69, 9.17) is 4.74 Å². The molecular weight excluding hydrogens is 366 g/mol. The van der Waals surface area contributed by atoms with Gasteiger partial charge in [0.1, 0.15) is 10.9 Å². The lowest BCUT2D eigenvalue weighted by atomic mass is 9.99. The van der Waals surface area contributed by atoms with E-state index < -0.39 is 0 Å². The second-order valence-corrected chi connectivity index (χ2v) is 8.39. The fourth-order valence-corrected chi connectivity index (χ4v) is 5.84. The third-order valence-electron chi connectivity index (χ3n) is 4.73. The van der Waals surface area contributed by atoms with Gasteiger partial charge in [-0.05, 0) is 31.2 Å². The Morgan fingerprint density at radius 1 is 1.35 bits per heavy atom. The summed E-state index contributed by atoms with van der Waals surface area (Å²) >= 11 is 2.99. The van der Waals surface area contributed by atoms with Crippen LogP contribution in [0.2, 0.25) is 0 Å². The molecule has 2 atom stereocenters. The van der Waals surface area contributed by atoms with E-state index in [0.29, 0.717) is 12.3 Å². The number of carbonyl (C=O) groups is 2. The van der Waals surface area contributed by atoms with Crippen LogP contribution in [0.15, 0.2) is 58.1 Å². The number of esters is 1. The topological polar surface area (TPSA) is 46.6 Å². The first-order chi connectivity index (χ1) is 12.7. The van der Waals surface area contributed by atoms with Crippen LogP contribution in [-0.4, -0.2) is 40.8 Å². The van der Waals surface area contributed by atoms with Crippen molar-refractivity contribution in [3.8, 4) is 0 Å². The lowest BCUT2D eigenvalue weighted by Gasteiger charge is -2.41. The monoisotopic (exact) mass is 385 g/mol. The van der Waals surface area contributed by atoms with Gasteiger partial charge in [0.2, 0.25) is 5.78 Å². The first kappa shape index (κ1) is 17.5. The molecule has 3 aliphatic rings. The summed E-state index contributed by atoms with van der Waals surface area (Å²) in [7, 11) is 0. The number of nitrogens with zero attached hydrogens (tertiary/aromatic N) is 1. The van der Waals surface area contributed by atoms with Gasteiger partial charge in [0.05, 0.1) is 28.2 Å². The van der Waals surface area contributed by atoms with Crippen LogP contribution in [0, 0.1) is 0 Å². The van der Waals surface area contributed by atoms with Crippen molar-refractivity contribution in [1.29, 1.82) is 0 Å². The molecule has 0 amide bonds. The standard InChI is InChI=1S/C20H19NO3S2/c1-3-24-19(23)18-14-11-7-10-13-15(12-8-5-4-6-9-12)17(22)16(21(13)14)20(25-2)26-18/h4-10,14,18H,3,11H2,1-2H3/t14-,18-/m1/s1. The zero-order chi connectivity index (χ0) is 18.3. The van der Waals surface area contributed by atoms with Gasteiger partial charge in [-0.3, -0.25) is 9.59 Å². The summed E-state index contributed by atoms with van der Waals surface area (Å²) in [5.74, 6) is -0.162. The van der Waals surface area contributed by atoms with Gasteiger partial charge in [0.25, 0.3) is 0 Å². The van der Waals surface area contributed by atoms with Crippen LogP contribution < -0.4 is 0 Å². The molecule has 4 rings (SSSR count). The first-order valence-electron chi connectivity index (χ1n) is 8.59. The van der Waals surface area contributed by atoms with Gasteiger partial charge >= 0.3 is 5.97 Å². The minimum Gasteiger partial charge on any atom is -0.465 e. The van der Waals surface area contributed by atoms with Crippen molar-refractivity contribution >= 4 is 40.8 Å². The van der Waals surface area contributed by atoms with E-state index in [-0.39, 0.29) is 23.0 Å². The molecule has 1 aromatic rings. The number of thioether (sulfide) groups is 2. The lowest BCUT2D eigenvalue weighted by molar-refractivity contribution is -0.143. The van der Waals surface area contributed by atoms with Gasteiger partial charge in [-0.25, -0.2) is 0 Å². The second-order valence-electron chi connectivity index (χ2n) is 6.16. The highest BCUT2D eigenvalue weighted by Gasteiger charge is 2.49. The average molecular weight is 386 g/mol. The van der Waals surface area contributed by atoms with Gasteiger partial charge in [0, 0.05) is 0 Å². The fourth-order valence-electron chi connectivity index (χ4n) is 3.68. The maximum absolute atomic E-state index is 13.3. The Morgan fingerprint density at radius 3 is 2.81 bits per heavy atom. The van der Waals surface area contributed by atoms with Gasteiger partial charge in [-0.1, -0.05) is 48.2 Å². The minimum atomic E-state index is -0.330. The van der Waals surface area contributed by atoms with E-state index in [1.165, 1.54) is 23.5 Å². The number of ketones is 1. The van der Waals surface area contributed by atoms with Gasteiger partial charge in [-0.15, -0.1) is 11.8 Å². The summed E-state index contributed by atoms with van der Waals surface area (Å²) in [6.45, 7) is 2.18. The molecule has 3 aliphatic heterocycles. The minimum absolute atomic E-state index is 0.0434. The lowest BCUT2D eigenvalue weighted by Crippen LogP contribution is -2.48. The Kier molecular flexibility index (Phi) is 4.71. The van der Waals surface area contributed by atoms with Crippen molar-refractivity contribution in [1.82, 2.24) is 4.90 Å². The molecule has 0 aliphatic carbocycles. The summed E-state index contributed by atoms with van der Waals surface area (Å²) in [6.07, 6.45) is 6.75. The highest BCUT2D eigenvalue weighted by atomic mass is 32.2. The van der Waals surface area contributed by atoms with Crippen LogP contribution >= 0.6 is 23.5 Å². The predicted octanol–water partition coefficient (Wildman–Crippen LogP) is 3.82. The summed E-state index contributed by atoms with van der Waals surface area (Å²) in [4.78, 5) is 28.0. The van der Waals surface area contributed by atoms with Crippen LogP contribution in [0.1, 0.15) is 18.9 Å². The van der Waals surface area contributed by atoms with Crippen molar-refractivity contribution in [2.24, 2.45) is 0 Å². The normalized spacial score (nSPS) is 24.2. The Morgan fingerprint density at radius 2 is 2.12 bits per heavy atom. The number of ether oxygens (including phenoxy) is 1. The maximum Gasteiger partial charge on any atom is 0.321 e. The Labute approximate surface area is 161 Å². The molecule has 0 unspecified atom stereocenters. The highest BCUT2D eigenvalue weighted by molar-refractivity contribution is 8.22. The largest absolute Gasteiger partial charge is 0.465 e. The van der Waals surface area contributed by atoms with Crippen LogP contribution in [0.4, 0.5) is 0 Å². The molecule has 4 nitrogen and oxygen atoms in total. The van der Waals surface area contributed by atoms with E-state index in [2.05, 4.69) is 11.0 Å². The molecule has 1 aromatic carbocycles. The van der Waals surface area contributed by atoms with Crippen molar-refractivity contribution < 1.29 is 14.3 Å². The number of hydrogen-bond donors (Lipinski definition) is 0. The third-order valence-corrected chi connectivity index (χ3v) is 7.25. The average Bonchev–Trinajstić information content (AvgIpc) is 2.97. The van der Waals surface area contributed by atoms with Gasteiger partial charge in [0.15, 0.2) is 0 Å². The van der Waals surface area contributed by atoms with E-state index in [9.17, 15) is 9.59 Å². The number of benzene rings is 1. The number of allylic oxidation sites excluding steroid dienone is 2. The SMILES string of the molecule is CCOC(=O)[C@@H]1SC(SC)=C2C(=O)C(c3ccccc3)=C3C=CC[C@H]1N32. The van der Waals surface area contributed by atoms with Crippen molar-refractivity contribution in [2.75, 3.05) is 12.9 Å². The van der Waals surface area contributed by atoms with Gasteiger partial charge < -0.3 is 9.64 Å². The molecule has 26 heavy (non-hydrogen) atoms. The van der Waals surface area contributed by atoms with Gasteiger partial charge in [-0.2, -0.15) is 0 Å². The molecule has 0 fully saturated rings.